The van der Waals surface area contributed by atoms with Crippen molar-refractivity contribution in [1.29, 1.82) is 0 Å². The van der Waals surface area contributed by atoms with E-state index in [2.05, 4.69) is 0 Å². The first-order valence-corrected chi connectivity index (χ1v) is 8.88. The number of hydrogen-bond acceptors (Lipinski definition) is 5. The van der Waals surface area contributed by atoms with Crippen molar-refractivity contribution in [2.24, 2.45) is 0 Å². The van der Waals surface area contributed by atoms with Crippen LogP contribution in [0.1, 0.15) is 11.1 Å². The number of esters is 1. The van der Waals surface area contributed by atoms with E-state index in [-0.39, 0.29) is 12.5 Å². The number of carbonyl (C=O) groups is 2. The summed E-state index contributed by atoms with van der Waals surface area (Å²) >= 11 is 0. The number of ether oxygens (including phenoxy) is 2. The maximum absolute atomic E-state index is 12.2. The van der Waals surface area contributed by atoms with Crippen molar-refractivity contribution < 1.29 is 19.1 Å². The van der Waals surface area contributed by atoms with E-state index in [0.29, 0.717) is 6.54 Å². The van der Waals surface area contributed by atoms with Gasteiger partial charge in [0.05, 0.1) is 7.11 Å². The quantitative estimate of drug-likeness (QED) is 0.519. The number of carbonyl (C=O) groups excluding carboxylic acids is 2. The zero-order chi connectivity index (χ0) is 20.5. The van der Waals surface area contributed by atoms with Gasteiger partial charge in [0, 0.05) is 39.5 Å². The normalized spacial score (nSPS) is 10.6. The molecule has 2 aromatic rings. The Morgan fingerprint density at radius 1 is 0.964 bits per heavy atom. The summed E-state index contributed by atoms with van der Waals surface area (Å²) in [6.07, 6.45) is 2.93. The predicted octanol–water partition coefficient (Wildman–Crippen LogP) is 2.98. The maximum atomic E-state index is 12.2. The third kappa shape index (κ3) is 6.46. The van der Waals surface area contributed by atoms with E-state index in [9.17, 15) is 9.59 Å². The van der Waals surface area contributed by atoms with Crippen LogP contribution in [0.15, 0.2) is 54.6 Å². The molecule has 6 nitrogen and oxygen atoms in total. The van der Waals surface area contributed by atoms with Crippen molar-refractivity contribution in [3.63, 3.8) is 0 Å². The van der Waals surface area contributed by atoms with Crippen molar-refractivity contribution in [3.05, 3.63) is 65.7 Å². The number of likely N-dealkylation sites (N-methyl/N-ethyl adjacent to an activating group) is 1. The fraction of sp³-hybridized carbons (Fsp3) is 0.273. The van der Waals surface area contributed by atoms with E-state index in [1.165, 1.54) is 11.0 Å². The Labute approximate surface area is 166 Å². The molecular formula is C22H26N2O4. The molecule has 0 saturated carbocycles. The lowest BCUT2D eigenvalue weighted by Crippen LogP contribution is -2.30. The van der Waals surface area contributed by atoms with E-state index in [4.69, 9.17) is 9.47 Å². The van der Waals surface area contributed by atoms with Crippen LogP contribution in [0.3, 0.4) is 0 Å². The summed E-state index contributed by atoms with van der Waals surface area (Å²) in [7, 11) is 7.22. The van der Waals surface area contributed by atoms with Gasteiger partial charge < -0.3 is 19.3 Å². The van der Waals surface area contributed by atoms with Crippen molar-refractivity contribution in [1.82, 2.24) is 4.90 Å². The molecular weight excluding hydrogens is 356 g/mol. The number of nitrogens with zero attached hydrogens (tertiary/aromatic N) is 2. The lowest BCUT2D eigenvalue weighted by atomic mass is 10.2. The lowest BCUT2D eigenvalue weighted by molar-refractivity contribution is -0.147. The third-order valence-corrected chi connectivity index (χ3v) is 4.16. The molecule has 0 spiro atoms. The smallest absolute Gasteiger partial charge is 0.331 e. The Balaban J connectivity index is 1.79. The Kier molecular flexibility index (Phi) is 7.63. The minimum absolute atomic E-state index is 0.261. The molecule has 0 aliphatic heterocycles. The highest BCUT2D eigenvalue weighted by Crippen LogP contribution is 2.14. The summed E-state index contributed by atoms with van der Waals surface area (Å²) in [4.78, 5) is 27.5. The molecule has 0 fully saturated rings. The van der Waals surface area contributed by atoms with Crippen molar-refractivity contribution in [2.75, 3.05) is 39.8 Å². The van der Waals surface area contributed by atoms with Crippen LogP contribution < -0.4 is 9.64 Å². The highest BCUT2D eigenvalue weighted by Gasteiger charge is 2.11. The van der Waals surface area contributed by atoms with Gasteiger partial charge in [-0.15, -0.1) is 0 Å². The highest BCUT2D eigenvalue weighted by molar-refractivity contribution is 5.89. The average Bonchev–Trinajstić information content (AvgIpc) is 2.71. The molecule has 2 aromatic carbocycles. The SMILES string of the molecule is COc1ccc(/C=C/C(=O)OCC(=O)N(C)Cc2ccc(N(C)C)cc2)cc1. The number of amides is 1. The second-order valence-electron chi connectivity index (χ2n) is 6.52. The molecule has 0 bridgehead atoms. The largest absolute Gasteiger partial charge is 0.497 e. The van der Waals surface area contributed by atoms with E-state index >= 15 is 0 Å². The molecule has 0 N–H and O–H groups in total. The molecule has 0 atom stereocenters. The third-order valence-electron chi connectivity index (χ3n) is 4.16. The van der Waals surface area contributed by atoms with Gasteiger partial charge in [-0.1, -0.05) is 24.3 Å². The molecule has 0 heterocycles. The zero-order valence-corrected chi connectivity index (χ0v) is 16.7. The second-order valence-corrected chi connectivity index (χ2v) is 6.52. The number of hydrogen-bond donors (Lipinski definition) is 0. The fourth-order valence-electron chi connectivity index (χ4n) is 2.43. The van der Waals surface area contributed by atoms with Crippen LogP contribution >= 0.6 is 0 Å². The van der Waals surface area contributed by atoms with Crippen molar-refractivity contribution >= 4 is 23.6 Å². The molecule has 6 heteroatoms. The Bertz CT molecular complexity index is 811. The molecule has 0 radical (unpaired) electrons. The molecule has 2 rings (SSSR count). The minimum Gasteiger partial charge on any atom is -0.497 e. The van der Waals surface area contributed by atoms with Crippen LogP contribution in [0.2, 0.25) is 0 Å². The Morgan fingerprint density at radius 2 is 1.61 bits per heavy atom. The van der Waals surface area contributed by atoms with Gasteiger partial charge in [0.25, 0.3) is 5.91 Å². The number of rotatable bonds is 8. The highest BCUT2D eigenvalue weighted by atomic mass is 16.5. The lowest BCUT2D eigenvalue weighted by Gasteiger charge is -2.18. The van der Waals surface area contributed by atoms with Gasteiger partial charge in [-0.2, -0.15) is 0 Å². The molecule has 0 aliphatic rings. The van der Waals surface area contributed by atoms with Gasteiger partial charge in [0.15, 0.2) is 6.61 Å². The monoisotopic (exact) mass is 382 g/mol. The Morgan fingerprint density at radius 3 is 2.18 bits per heavy atom. The molecule has 0 saturated heterocycles. The van der Waals surface area contributed by atoms with E-state index in [1.807, 2.05) is 55.4 Å². The van der Waals surface area contributed by atoms with Crippen LogP contribution in [-0.2, 0) is 20.9 Å². The molecule has 0 unspecified atom stereocenters. The standard InChI is InChI=1S/C22H26N2O4/c1-23(2)19-10-5-18(6-11-19)15-24(3)21(25)16-28-22(26)14-9-17-7-12-20(27-4)13-8-17/h5-14H,15-16H2,1-4H3/b14-9+. The van der Waals surface area contributed by atoms with Crippen molar-refractivity contribution in [2.45, 2.75) is 6.54 Å². The molecule has 28 heavy (non-hydrogen) atoms. The Hall–Kier alpha value is -3.28. The van der Waals surface area contributed by atoms with Crippen LogP contribution in [-0.4, -0.2) is 51.6 Å². The first-order chi connectivity index (χ1) is 13.4. The second kappa shape index (κ2) is 10.2. The molecule has 0 aromatic heterocycles. The van der Waals surface area contributed by atoms with E-state index in [0.717, 1.165) is 22.6 Å². The van der Waals surface area contributed by atoms with Gasteiger partial charge in [0.2, 0.25) is 0 Å². The zero-order valence-electron chi connectivity index (χ0n) is 16.7. The summed E-state index contributed by atoms with van der Waals surface area (Å²) < 4.78 is 10.1. The number of anilines is 1. The van der Waals surface area contributed by atoms with Gasteiger partial charge >= 0.3 is 5.97 Å². The first kappa shape index (κ1) is 21.0. The van der Waals surface area contributed by atoms with Gasteiger partial charge in [-0.05, 0) is 41.5 Å². The molecule has 148 valence electrons. The van der Waals surface area contributed by atoms with Crippen LogP contribution in [0.4, 0.5) is 5.69 Å². The van der Waals surface area contributed by atoms with Gasteiger partial charge in [0.1, 0.15) is 5.75 Å². The summed E-state index contributed by atoms with van der Waals surface area (Å²) in [5.41, 5.74) is 2.94. The van der Waals surface area contributed by atoms with E-state index < -0.39 is 5.97 Å². The summed E-state index contributed by atoms with van der Waals surface area (Å²) in [5, 5.41) is 0. The first-order valence-electron chi connectivity index (χ1n) is 8.88. The summed E-state index contributed by atoms with van der Waals surface area (Å²) in [5.74, 6) is -0.0829. The van der Waals surface area contributed by atoms with Crippen LogP contribution in [0.25, 0.3) is 6.08 Å². The summed E-state index contributed by atoms with van der Waals surface area (Å²) in [6, 6.07) is 15.2. The number of benzene rings is 2. The molecule has 1 amide bonds. The van der Waals surface area contributed by atoms with Crippen molar-refractivity contribution in [3.8, 4) is 5.75 Å². The maximum Gasteiger partial charge on any atom is 0.331 e. The number of methoxy groups -OCH3 is 1. The topological polar surface area (TPSA) is 59.1 Å². The fourth-order valence-corrected chi connectivity index (χ4v) is 2.43. The van der Waals surface area contributed by atoms with Crippen LogP contribution in [0, 0.1) is 0 Å². The minimum atomic E-state index is -0.562. The van der Waals surface area contributed by atoms with Gasteiger partial charge in [-0.25, -0.2) is 4.79 Å². The van der Waals surface area contributed by atoms with E-state index in [1.54, 1.807) is 32.4 Å². The average molecular weight is 382 g/mol. The predicted molar refractivity (Wildman–Crippen MR) is 110 cm³/mol. The summed E-state index contributed by atoms with van der Waals surface area (Å²) in [6.45, 7) is 0.157. The molecule has 0 aliphatic carbocycles. The van der Waals surface area contributed by atoms with Gasteiger partial charge in [-0.3, -0.25) is 4.79 Å². The van der Waals surface area contributed by atoms with Crippen LogP contribution in [0.5, 0.6) is 5.75 Å².